The van der Waals surface area contributed by atoms with Gasteiger partial charge >= 0.3 is 6.18 Å². The van der Waals surface area contributed by atoms with E-state index in [1.54, 1.807) is 10.9 Å². The number of amides is 1. The van der Waals surface area contributed by atoms with Crippen LogP contribution in [0.5, 0.6) is 0 Å². The van der Waals surface area contributed by atoms with Crippen LogP contribution in [-0.4, -0.2) is 33.8 Å². The van der Waals surface area contributed by atoms with Crippen LogP contribution < -0.4 is 16.0 Å². The van der Waals surface area contributed by atoms with Gasteiger partial charge in [0, 0.05) is 31.2 Å². The molecule has 1 aliphatic rings. The zero-order valence-corrected chi connectivity index (χ0v) is 17.7. The Morgan fingerprint density at radius 2 is 1.82 bits per heavy atom. The van der Waals surface area contributed by atoms with E-state index in [1.165, 1.54) is 30.5 Å². The van der Waals surface area contributed by atoms with Gasteiger partial charge in [0.05, 0.1) is 23.0 Å². The van der Waals surface area contributed by atoms with Gasteiger partial charge in [0.2, 0.25) is 0 Å². The highest BCUT2D eigenvalue weighted by molar-refractivity contribution is 5.98. The van der Waals surface area contributed by atoms with Gasteiger partial charge in [-0.05, 0) is 50.1 Å². The van der Waals surface area contributed by atoms with Crippen molar-refractivity contribution in [3.8, 4) is 0 Å². The highest BCUT2D eigenvalue weighted by Gasteiger charge is 2.35. The molecule has 3 N–H and O–H groups in total. The molecule has 33 heavy (non-hydrogen) atoms. The van der Waals surface area contributed by atoms with E-state index in [2.05, 4.69) is 15.4 Å². The third-order valence-electron chi connectivity index (χ3n) is 5.90. The summed E-state index contributed by atoms with van der Waals surface area (Å²) < 4.78 is 53.9. The Bertz CT molecular complexity index is 1150. The van der Waals surface area contributed by atoms with Crippen LogP contribution in [0.3, 0.4) is 0 Å². The molecule has 0 aliphatic carbocycles. The van der Waals surface area contributed by atoms with Crippen LogP contribution in [0.2, 0.25) is 0 Å². The minimum atomic E-state index is -4.46. The normalized spacial score (nSPS) is 16.0. The van der Waals surface area contributed by atoms with Crippen molar-refractivity contribution in [2.24, 2.45) is 5.73 Å². The molecule has 3 heterocycles. The number of pyridine rings is 1. The lowest BCUT2D eigenvalue weighted by molar-refractivity contribution is -0.137. The molecule has 0 saturated carbocycles. The van der Waals surface area contributed by atoms with Crippen molar-refractivity contribution in [1.29, 1.82) is 0 Å². The summed E-state index contributed by atoms with van der Waals surface area (Å²) in [4.78, 5) is 17.6. The van der Waals surface area contributed by atoms with E-state index in [0.717, 1.165) is 12.3 Å². The second kappa shape index (κ2) is 8.38. The van der Waals surface area contributed by atoms with Crippen LogP contribution in [0.1, 0.15) is 35.7 Å². The molecule has 0 spiro atoms. The summed E-state index contributed by atoms with van der Waals surface area (Å²) in [5.74, 6) is -0.807. The molecule has 11 heteroatoms. The average molecular weight is 462 g/mol. The molecular weight excluding hydrogens is 440 g/mol. The van der Waals surface area contributed by atoms with Crippen LogP contribution in [0, 0.1) is 5.82 Å². The maximum atomic E-state index is 13.2. The topological polar surface area (TPSA) is 89.1 Å². The first-order valence-corrected chi connectivity index (χ1v) is 10.2. The Kier molecular flexibility index (Phi) is 5.73. The minimum Gasteiger partial charge on any atom is -0.370 e. The number of benzene rings is 1. The Labute approximate surface area is 187 Å². The van der Waals surface area contributed by atoms with E-state index in [9.17, 15) is 22.4 Å². The number of piperidine rings is 1. The summed E-state index contributed by atoms with van der Waals surface area (Å²) in [7, 11) is 0. The molecule has 0 radical (unpaired) electrons. The molecule has 0 atom stereocenters. The first-order chi connectivity index (χ1) is 15.5. The number of hydrogen-bond donors (Lipinski definition) is 2. The lowest BCUT2D eigenvalue weighted by atomic mass is 9.89. The summed E-state index contributed by atoms with van der Waals surface area (Å²) in [5, 5.41) is 7.51. The Hall–Kier alpha value is -3.63. The number of carbonyl (C=O) groups excluding carboxylic acids is 1. The Morgan fingerprint density at radius 3 is 2.42 bits per heavy atom. The zero-order chi connectivity index (χ0) is 23.8. The van der Waals surface area contributed by atoms with Crippen molar-refractivity contribution in [1.82, 2.24) is 14.8 Å². The number of nitrogens with zero attached hydrogens (tertiary/aromatic N) is 4. The number of primary amides is 1. The van der Waals surface area contributed by atoms with Gasteiger partial charge in [-0.25, -0.2) is 4.39 Å². The van der Waals surface area contributed by atoms with E-state index >= 15 is 0 Å². The second-order valence-corrected chi connectivity index (χ2v) is 8.25. The maximum Gasteiger partial charge on any atom is 0.417 e. The second-order valence-electron chi connectivity index (χ2n) is 8.25. The molecule has 1 fully saturated rings. The average Bonchev–Trinajstić information content (AvgIpc) is 3.20. The lowest BCUT2D eigenvalue weighted by Crippen LogP contribution is -2.44. The predicted octanol–water partition coefficient (Wildman–Crippen LogP) is 4.29. The molecule has 4 rings (SSSR count). The van der Waals surface area contributed by atoms with Crippen LogP contribution in [0.15, 0.2) is 48.9 Å². The first kappa shape index (κ1) is 22.6. The van der Waals surface area contributed by atoms with Gasteiger partial charge < -0.3 is 16.0 Å². The lowest BCUT2D eigenvalue weighted by Gasteiger charge is -2.40. The number of nitrogens with one attached hydrogen (secondary N) is 1. The van der Waals surface area contributed by atoms with E-state index in [4.69, 9.17) is 5.73 Å². The molecule has 174 valence electrons. The third-order valence-corrected chi connectivity index (χ3v) is 5.90. The number of carbonyl (C=O) groups is 1. The van der Waals surface area contributed by atoms with E-state index in [-0.39, 0.29) is 11.4 Å². The van der Waals surface area contributed by atoms with Crippen LogP contribution in [0.4, 0.5) is 34.8 Å². The minimum absolute atomic E-state index is 0.185. The number of rotatable bonds is 5. The molecule has 3 aromatic rings. The fourth-order valence-electron chi connectivity index (χ4n) is 3.82. The van der Waals surface area contributed by atoms with Gasteiger partial charge in [-0.15, -0.1) is 0 Å². The van der Waals surface area contributed by atoms with Gasteiger partial charge in [0.25, 0.3) is 5.91 Å². The predicted molar refractivity (Wildman–Crippen MR) is 115 cm³/mol. The first-order valence-electron chi connectivity index (χ1n) is 10.2. The van der Waals surface area contributed by atoms with E-state index < -0.39 is 29.0 Å². The van der Waals surface area contributed by atoms with Gasteiger partial charge in [0.15, 0.2) is 5.82 Å². The summed E-state index contributed by atoms with van der Waals surface area (Å²) in [5.41, 5.74) is 5.38. The number of hydrogen-bond acceptors (Lipinski definition) is 5. The number of aromatic nitrogens is 3. The van der Waals surface area contributed by atoms with Crippen LogP contribution in [-0.2, 0) is 11.7 Å². The van der Waals surface area contributed by atoms with Crippen molar-refractivity contribution < 1.29 is 22.4 Å². The highest BCUT2D eigenvalue weighted by atomic mass is 19.4. The monoisotopic (exact) mass is 462 g/mol. The summed E-state index contributed by atoms with van der Waals surface area (Å²) >= 11 is 0. The molecule has 1 aromatic carbocycles. The molecule has 0 bridgehead atoms. The summed E-state index contributed by atoms with van der Waals surface area (Å²) in [6.45, 7) is 2.92. The highest BCUT2D eigenvalue weighted by Crippen LogP contribution is 2.35. The van der Waals surface area contributed by atoms with Gasteiger partial charge in [0.1, 0.15) is 11.4 Å². The smallest absolute Gasteiger partial charge is 0.370 e. The Morgan fingerprint density at radius 1 is 1.15 bits per heavy atom. The molecule has 2 aromatic heterocycles. The third kappa shape index (κ3) is 4.76. The molecule has 1 aliphatic heterocycles. The van der Waals surface area contributed by atoms with Gasteiger partial charge in [-0.1, -0.05) is 0 Å². The van der Waals surface area contributed by atoms with Crippen LogP contribution in [0.25, 0.3) is 0 Å². The Balaban J connectivity index is 1.53. The number of alkyl halides is 3. The standard InChI is InChI=1S/C22H22F4N6O/c1-21(6-8-31(9-7-21)17-10-14(11-28-12-17)22(24,25)26)32-13-18(19(27)33)20(30-32)29-16-4-2-15(23)3-5-16/h2-5,10-13H,6-9H2,1H3,(H2,27,33)(H,29,30). The number of nitrogens with two attached hydrogens (primary N) is 1. The largest absolute Gasteiger partial charge is 0.417 e. The van der Waals surface area contributed by atoms with Crippen molar-refractivity contribution in [2.45, 2.75) is 31.5 Å². The fourth-order valence-corrected chi connectivity index (χ4v) is 3.82. The molecular formula is C22H22F4N6O. The van der Waals surface area contributed by atoms with Gasteiger partial charge in [-0.3, -0.25) is 14.5 Å². The number of anilines is 3. The quantitative estimate of drug-likeness (QED) is 0.552. The SMILES string of the molecule is CC1(n2cc(C(N)=O)c(Nc3ccc(F)cc3)n2)CCN(c2cncc(C(F)(F)F)c2)CC1. The van der Waals surface area contributed by atoms with Crippen molar-refractivity contribution >= 4 is 23.1 Å². The maximum absolute atomic E-state index is 13.2. The molecule has 0 unspecified atom stereocenters. The fraction of sp³-hybridized carbons (Fsp3) is 0.318. The summed E-state index contributed by atoms with van der Waals surface area (Å²) in [6.07, 6.45) is 0.472. The van der Waals surface area contributed by atoms with E-state index in [0.29, 0.717) is 37.3 Å². The van der Waals surface area contributed by atoms with Gasteiger partial charge in [-0.2, -0.15) is 18.3 Å². The van der Waals surface area contributed by atoms with E-state index in [1.807, 2.05) is 11.8 Å². The molecule has 1 amide bonds. The van der Waals surface area contributed by atoms with Crippen molar-refractivity contribution in [2.75, 3.05) is 23.3 Å². The van der Waals surface area contributed by atoms with Crippen molar-refractivity contribution in [3.05, 3.63) is 65.9 Å². The van der Waals surface area contributed by atoms with Crippen LogP contribution >= 0.6 is 0 Å². The molecule has 1 saturated heterocycles. The number of halogens is 4. The summed E-state index contributed by atoms with van der Waals surface area (Å²) in [6, 6.07) is 6.69. The molecule has 7 nitrogen and oxygen atoms in total. The zero-order valence-electron chi connectivity index (χ0n) is 17.7. The van der Waals surface area contributed by atoms with Crippen molar-refractivity contribution in [3.63, 3.8) is 0 Å².